The van der Waals surface area contributed by atoms with Crippen molar-refractivity contribution in [2.75, 3.05) is 9.91 Å². The molecule has 1 fully saturated rings. The Bertz CT molecular complexity index is 1000. The molecule has 6 nitrogen and oxygen atoms in total. The summed E-state index contributed by atoms with van der Waals surface area (Å²) in [4.78, 5) is 39.5. The first kappa shape index (κ1) is 17.4. The van der Waals surface area contributed by atoms with E-state index in [-0.39, 0.29) is 11.5 Å². The van der Waals surface area contributed by atoms with Gasteiger partial charge in [-0.15, -0.1) is 0 Å². The summed E-state index contributed by atoms with van der Waals surface area (Å²) < 4.78 is 0. The van der Waals surface area contributed by atoms with Gasteiger partial charge in [-0.25, -0.2) is 4.90 Å². The fourth-order valence-corrected chi connectivity index (χ4v) is 3.69. The van der Waals surface area contributed by atoms with E-state index in [1.165, 1.54) is 11.9 Å². The molecule has 0 spiro atoms. The van der Waals surface area contributed by atoms with E-state index in [1.54, 1.807) is 24.3 Å². The smallest absolute Gasteiger partial charge is 0.259 e. The van der Waals surface area contributed by atoms with Crippen molar-refractivity contribution in [3.63, 3.8) is 0 Å². The van der Waals surface area contributed by atoms with E-state index >= 15 is 0 Å². The number of nitrogens with zero attached hydrogens (tertiary/aromatic N) is 3. The van der Waals surface area contributed by atoms with Gasteiger partial charge in [-0.3, -0.25) is 19.4 Å². The van der Waals surface area contributed by atoms with Crippen LogP contribution in [0, 0.1) is 12.8 Å². The predicted octanol–water partition coefficient (Wildman–Crippen LogP) is 2.97. The van der Waals surface area contributed by atoms with Gasteiger partial charge in [0, 0.05) is 11.9 Å². The number of rotatable bonds is 3. The molecule has 4 rings (SSSR count). The van der Waals surface area contributed by atoms with Gasteiger partial charge in [-0.05, 0) is 42.8 Å². The molecule has 136 valence electrons. The summed E-state index contributed by atoms with van der Waals surface area (Å²) in [5.41, 5.74) is 2.13. The van der Waals surface area contributed by atoms with Crippen LogP contribution in [0.4, 0.5) is 11.4 Å². The van der Waals surface area contributed by atoms with Crippen molar-refractivity contribution in [2.45, 2.75) is 19.9 Å². The number of Topliss-reactive ketones (excluding diaryl/α,β-unsaturated/α-hetero) is 1. The highest BCUT2D eigenvalue weighted by atomic mass is 35.5. The van der Waals surface area contributed by atoms with Crippen LogP contribution < -0.4 is 9.91 Å². The Hall–Kier alpha value is -2.99. The molecule has 2 aromatic rings. The van der Waals surface area contributed by atoms with E-state index in [1.807, 2.05) is 31.2 Å². The molecule has 2 atom stereocenters. The van der Waals surface area contributed by atoms with E-state index in [0.29, 0.717) is 16.4 Å². The van der Waals surface area contributed by atoms with Crippen molar-refractivity contribution in [1.82, 2.24) is 0 Å². The van der Waals surface area contributed by atoms with Crippen LogP contribution in [0.5, 0.6) is 0 Å². The van der Waals surface area contributed by atoms with Gasteiger partial charge in [0.1, 0.15) is 17.7 Å². The monoisotopic (exact) mass is 381 g/mol. The maximum atomic E-state index is 13.2. The van der Waals surface area contributed by atoms with Gasteiger partial charge >= 0.3 is 0 Å². The van der Waals surface area contributed by atoms with E-state index in [2.05, 4.69) is 5.10 Å². The van der Waals surface area contributed by atoms with Crippen molar-refractivity contribution in [3.8, 4) is 0 Å². The molecule has 1 saturated heterocycles. The van der Waals surface area contributed by atoms with Gasteiger partial charge in [-0.1, -0.05) is 29.8 Å². The number of hydrazone groups is 1. The Morgan fingerprint density at radius 1 is 1.04 bits per heavy atom. The van der Waals surface area contributed by atoms with Crippen LogP contribution in [0.15, 0.2) is 53.6 Å². The second kappa shape index (κ2) is 6.32. The highest BCUT2D eigenvalue weighted by Crippen LogP contribution is 2.38. The first-order valence-corrected chi connectivity index (χ1v) is 8.85. The average Bonchev–Trinajstić information content (AvgIpc) is 3.14. The molecule has 2 aliphatic rings. The third-order valence-corrected chi connectivity index (χ3v) is 5.11. The number of halogens is 1. The normalized spacial score (nSPS) is 21.5. The van der Waals surface area contributed by atoms with Crippen LogP contribution in [0.1, 0.15) is 12.5 Å². The number of para-hydroxylation sites is 1. The number of hydrogen-bond acceptors (Lipinski definition) is 5. The van der Waals surface area contributed by atoms with Crippen LogP contribution in [0.2, 0.25) is 5.02 Å². The minimum absolute atomic E-state index is 0.109. The second-order valence-corrected chi connectivity index (χ2v) is 7.02. The zero-order valence-corrected chi connectivity index (χ0v) is 15.5. The van der Waals surface area contributed by atoms with Gasteiger partial charge in [-0.2, -0.15) is 5.10 Å². The standard InChI is InChI=1S/C20H16ClN3O3/c1-11-5-3-4-6-15(11)24-18-16(17(22-24)12(2)25)19(26)23(20(18)27)14-9-7-13(21)8-10-14/h3-10,16,18H,1-2H3/t16-,18-/m1/s1. The van der Waals surface area contributed by atoms with Gasteiger partial charge < -0.3 is 0 Å². The molecular weight excluding hydrogens is 366 g/mol. The van der Waals surface area contributed by atoms with Crippen molar-refractivity contribution in [3.05, 3.63) is 59.1 Å². The number of ketones is 1. The highest BCUT2D eigenvalue weighted by Gasteiger charge is 2.58. The van der Waals surface area contributed by atoms with Gasteiger partial charge in [0.15, 0.2) is 5.78 Å². The number of hydrogen-bond donors (Lipinski definition) is 0. The molecular formula is C20H16ClN3O3. The van der Waals surface area contributed by atoms with E-state index in [4.69, 9.17) is 11.6 Å². The summed E-state index contributed by atoms with van der Waals surface area (Å²) in [6, 6.07) is 13.0. The van der Waals surface area contributed by atoms with Gasteiger partial charge in [0.25, 0.3) is 5.91 Å². The summed E-state index contributed by atoms with van der Waals surface area (Å²) in [6.45, 7) is 3.25. The average molecular weight is 382 g/mol. The number of carbonyl (C=O) groups is 3. The predicted molar refractivity (Wildman–Crippen MR) is 103 cm³/mol. The van der Waals surface area contributed by atoms with Gasteiger partial charge in [0.05, 0.1) is 11.4 Å². The minimum atomic E-state index is -0.912. The van der Waals surface area contributed by atoms with Crippen molar-refractivity contribution >= 4 is 46.3 Å². The minimum Gasteiger partial charge on any atom is -0.293 e. The summed E-state index contributed by atoms with van der Waals surface area (Å²) in [6.07, 6.45) is 0. The van der Waals surface area contributed by atoms with Crippen molar-refractivity contribution < 1.29 is 14.4 Å². The molecule has 0 aliphatic carbocycles. The molecule has 2 aromatic carbocycles. The first-order valence-electron chi connectivity index (χ1n) is 8.48. The highest BCUT2D eigenvalue weighted by molar-refractivity contribution is 6.49. The summed E-state index contributed by atoms with van der Waals surface area (Å²) in [5.74, 6) is -2.08. The number of imide groups is 1. The number of anilines is 2. The quantitative estimate of drug-likeness (QED) is 0.766. The van der Waals surface area contributed by atoms with Crippen LogP contribution in [0.3, 0.4) is 0 Å². The molecule has 0 aromatic heterocycles. The van der Waals surface area contributed by atoms with Crippen LogP contribution in [0.25, 0.3) is 0 Å². The van der Waals surface area contributed by atoms with Crippen molar-refractivity contribution in [1.29, 1.82) is 0 Å². The Morgan fingerprint density at radius 3 is 2.33 bits per heavy atom. The first-order chi connectivity index (χ1) is 12.9. The molecule has 27 heavy (non-hydrogen) atoms. The van der Waals surface area contributed by atoms with Gasteiger partial charge in [0.2, 0.25) is 5.91 Å². The Labute approximate surface area is 161 Å². The van der Waals surface area contributed by atoms with E-state index in [9.17, 15) is 14.4 Å². The molecule has 0 saturated carbocycles. The lowest BCUT2D eigenvalue weighted by Crippen LogP contribution is -2.39. The van der Waals surface area contributed by atoms with E-state index < -0.39 is 23.8 Å². The summed E-state index contributed by atoms with van der Waals surface area (Å²) in [7, 11) is 0. The molecule has 0 radical (unpaired) electrons. The maximum Gasteiger partial charge on any atom is 0.259 e. The third kappa shape index (κ3) is 2.64. The Morgan fingerprint density at radius 2 is 1.70 bits per heavy atom. The molecule has 2 aliphatic heterocycles. The van der Waals surface area contributed by atoms with Crippen LogP contribution in [-0.2, 0) is 14.4 Å². The largest absolute Gasteiger partial charge is 0.293 e. The zero-order valence-electron chi connectivity index (χ0n) is 14.7. The lowest BCUT2D eigenvalue weighted by Gasteiger charge is -2.23. The fourth-order valence-electron chi connectivity index (χ4n) is 3.57. The van der Waals surface area contributed by atoms with Crippen molar-refractivity contribution in [2.24, 2.45) is 11.0 Å². The molecule has 0 bridgehead atoms. The fraction of sp³-hybridized carbons (Fsp3) is 0.200. The Balaban J connectivity index is 1.82. The molecule has 7 heteroatoms. The summed E-state index contributed by atoms with van der Waals surface area (Å²) >= 11 is 5.91. The maximum absolute atomic E-state index is 13.2. The lowest BCUT2D eigenvalue weighted by molar-refractivity contribution is -0.122. The molecule has 2 heterocycles. The topological polar surface area (TPSA) is 70.1 Å². The molecule has 0 N–H and O–H groups in total. The molecule has 2 amide bonds. The zero-order chi connectivity index (χ0) is 19.3. The van der Waals surface area contributed by atoms with Crippen LogP contribution >= 0.6 is 11.6 Å². The second-order valence-electron chi connectivity index (χ2n) is 6.58. The number of amides is 2. The SMILES string of the molecule is CC(=O)C1=NN(c2ccccc2C)[C@H]2C(=O)N(c3ccc(Cl)cc3)C(=O)[C@H]12. The summed E-state index contributed by atoms with van der Waals surface area (Å²) in [5, 5.41) is 6.37. The van der Waals surface area contributed by atoms with Crippen LogP contribution in [-0.4, -0.2) is 29.4 Å². The molecule has 0 unspecified atom stereocenters. The third-order valence-electron chi connectivity index (χ3n) is 4.86. The Kier molecular flexibility index (Phi) is 4.08. The number of benzene rings is 2. The van der Waals surface area contributed by atoms with E-state index in [0.717, 1.165) is 10.5 Å². The number of aryl methyl sites for hydroxylation is 1. The number of fused-ring (bicyclic) bond motifs is 1. The number of carbonyl (C=O) groups excluding carboxylic acids is 3. The lowest BCUT2D eigenvalue weighted by atomic mass is 9.95.